The fourth-order valence-corrected chi connectivity index (χ4v) is 3.01. The first kappa shape index (κ1) is 20.8. The van der Waals surface area contributed by atoms with E-state index in [1.807, 2.05) is 48.8 Å². The molecule has 0 unspecified atom stereocenters. The van der Waals surface area contributed by atoms with Gasteiger partial charge in [-0.1, -0.05) is 12.1 Å². The second-order valence-corrected chi connectivity index (χ2v) is 6.65. The normalized spacial score (nSPS) is 11.5. The van der Waals surface area contributed by atoms with E-state index in [1.165, 1.54) is 0 Å². The number of nitrogens with two attached hydrogens (primary N) is 1. The van der Waals surface area contributed by atoms with Crippen LogP contribution in [0.1, 0.15) is 28.7 Å². The van der Waals surface area contributed by atoms with Gasteiger partial charge in [-0.3, -0.25) is 9.98 Å². The zero-order valence-electron chi connectivity index (χ0n) is 16.6. The van der Waals surface area contributed by atoms with Gasteiger partial charge in [0.1, 0.15) is 0 Å². The van der Waals surface area contributed by atoms with Gasteiger partial charge >= 0.3 is 0 Å². The third-order valence-corrected chi connectivity index (χ3v) is 4.46. The second-order valence-electron chi connectivity index (χ2n) is 6.65. The summed E-state index contributed by atoms with van der Waals surface area (Å²) in [6.07, 6.45) is 10.3. The van der Waals surface area contributed by atoms with Crippen molar-refractivity contribution in [3.05, 3.63) is 89.0 Å². The molecule has 2 aromatic heterocycles. The van der Waals surface area contributed by atoms with E-state index >= 15 is 0 Å². The summed E-state index contributed by atoms with van der Waals surface area (Å²) < 4.78 is 1.74. The standard InChI is InChI=1S/C23H23N7/c1-26-13-19(7-8-24)14-27-16-21-6-5-18(12-25)10-22(21)11-20-15-29-30(17-20)23-4-2-3-9-28-23/h2-6,9-10,13-15,17H,1,7-8,11,16,24H2/b19-13-,27-14?. The number of aromatic nitrogens is 3. The zero-order valence-corrected chi connectivity index (χ0v) is 16.6. The van der Waals surface area contributed by atoms with Crippen LogP contribution < -0.4 is 5.73 Å². The summed E-state index contributed by atoms with van der Waals surface area (Å²) in [6, 6.07) is 13.6. The number of benzene rings is 1. The van der Waals surface area contributed by atoms with Crippen LogP contribution in [0.5, 0.6) is 0 Å². The molecule has 0 saturated carbocycles. The van der Waals surface area contributed by atoms with Gasteiger partial charge in [0.05, 0.1) is 24.4 Å². The van der Waals surface area contributed by atoms with Crippen molar-refractivity contribution >= 4 is 12.9 Å². The number of nitrogens with zero attached hydrogens (tertiary/aromatic N) is 6. The molecule has 0 bridgehead atoms. The SMILES string of the molecule is C=N/C=C(\C=NCc1ccc(C#N)cc1Cc1cnn(-c2ccccn2)c1)CCN. The molecule has 0 fully saturated rings. The predicted molar refractivity (Wildman–Crippen MR) is 119 cm³/mol. The molecule has 0 aliphatic carbocycles. The van der Waals surface area contributed by atoms with Crippen molar-refractivity contribution in [1.82, 2.24) is 14.8 Å². The Morgan fingerprint density at radius 3 is 2.90 bits per heavy atom. The lowest BCUT2D eigenvalue weighted by Gasteiger charge is -2.08. The van der Waals surface area contributed by atoms with Crippen molar-refractivity contribution in [2.45, 2.75) is 19.4 Å². The minimum Gasteiger partial charge on any atom is -0.330 e. The Bertz CT molecular complexity index is 1090. The number of aliphatic imine (C=N–C) groups is 2. The van der Waals surface area contributed by atoms with Crippen LogP contribution in [0.15, 0.2) is 76.7 Å². The Balaban J connectivity index is 1.80. The average Bonchev–Trinajstić information content (AvgIpc) is 3.24. The van der Waals surface area contributed by atoms with E-state index in [2.05, 4.69) is 32.9 Å². The van der Waals surface area contributed by atoms with Gasteiger partial charge in [-0.25, -0.2) is 9.67 Å². The van der Waals surface area contributed by atoms with Gasteiger partial charge in [0.2, 0.25) is 0 Å². The van der Waals surface area contributed by atoms with Crippen LogP contribution in [0, 0.1) is 11.3 Å². The Morgan fingerprint density at radius 1 is 1.27 bits per heavy atom. The van der Waals surface area contributed by atoms with Gasteiger partial charge in [0, 0.05) is 31.2 Å². The Hall–Kier alpha value is -3.89. The zero-order chi connectivity index (χ0) is 21.2. The molecule has 0 spiro atoms. The predicted octanol–water partition coefficient (Wildman–Crippen LogP) is 3.23. The lowest BCUT2D eigenvalue weighted by atomic mass is 9.99. The van der Waals surface area contributed by atoms with Crippen LogP contribution in [0.2, 0.25) is 0 Å². The molecule has 0 radical (unpaired) electrons. The quantitative estimate of drug-likeness (QED) is 0.560. The number of nitriles is 1. The smallest absolute Gasteiger partial charge is 0.153 e. The van der Waals surface area contributed by atoms with Crippen molar-refractivity contribution in [3.63, 3.8) is 0 Å². The highest BCUT2D eigenvalue weighted by Crippen LogP contribution is 2.18. The second kappa shape index (κ2) is 10.6. The summed E-state index contributed by atoms with van der Waals surface area (Å²) in [7, 11) is 0. The van der Waals surface area contributed by atoms with Gasteiger partial charge in [0.15, 0.2) is 5.82 Å². The molecular formula is C23H23N7. The van der Waals surface area contributed by atoms with Crippen LogP contribution in [-0.4, -0.2) is 34.2 Å². The minimum atomic E-state index is 0.495. The lowest BCUT2D eigenvalue weighted by Crippen LogP contribution is -2.01. The topological polar surface area (TPSA) is 105 Å². The Labute approximate surface area is 175 Å². The van der Waals surface area contributed by atoms with E-state index in [0.29, 0.717) is 31.5 Å². The van der Waals surface area contributed by atoms with Crippen LogP contribution in [0.4, 0.5) is 0 Å². The summed E-state index contributed by atoms with van der Waals surface area (Å²) in [4.78, 5) is 12.6. The summed E-state index contributed by atoms with van der Waals surface area (Å²) in [6.45, 7) is 4.50. The van der Waals surface area contributed by atoms with Gasteiger partial charge in [0.25, 0.3) is 0 Å². The molecule has 1 aromatic carbocycles. The minimum absolute atomic E-state index is 0.495. The maximum absolute atomic E-state index is 9.30. The highest BCUT2D eigenvalue weighted by atomic mass is 15.3. The van der Waals surface area contributed by atoms with Crippen LogP contribution in [0.25, 0.3) is 5.82 Å². The van der Waals surface area contributed by atoms with Crippen molar-refractivity contribution in [2.24, 2.45) is 15.7 Å². The summed E-state index contributed by atoms with van der Waals surface area (Å²) in [5.74, 6) is 0.759. The molecule has 7 heteroatoms. The summed E-state index contributed by atoms with van der Waals surface area (Å²) in [5, 5.41) is 13.7. The van der Waals surface area contributed by atoms with Gasteiger partial charge in [-0.15, -0.1) is 0 Å². The van der Waals surface area contributed by atoms with Crippen molar-refractivity contribution in [2.75, 3.05) is 6.54 Å². The average molecular weight is 397 g/mol. The molecule has 30 heavy (non-hydrogen) atoms. The first-order chi connectivity index (χ1) is 14.7. The first-order valence-corrected chi connectivity index (χ1v) is 9.55. The summed E-state index contributed by atoms with van der Waals surface area (Å²) >= 11 is 0. The molecule has 0 aliphatic heterocycles. The third-order valence-electron chi connectivity index (χ3n) is 4.46. The van der Waals surface area contributed by atoms with Crippen LogP contribution >= 0.6 is 0 Å². The highest BCUT2D eigenvalue weighted by molar-refractivity contribution is 5.78. The van der Waals surface area contributed by atoms with Crippen LogP contribution in [-0.2, 0) is 13.0 Å². The fraction of sp³-hybridized carbons (Fsp3) is 0.174. The fourth-order valence-electron chi connectivity index (χ4n) is 3.01. The maximum atomic E-state index is 9.30. The summed E-state index contributed by atoms with van der Waals surface area (Å²) in [5.41, 5.74) is 10.3. The molecule has 150 valence electrons. The largest absolute Gasteiger partial charge is 0.330 e. The van der Waals surface area contributed by atoms with Gasteiger partial charge in [-0.05, 0) is 66.2 Å². The number of hydrogen-bond donors (Lipinski definition) is 1. The molecule has 0 aliphatic rings. The number of hydrogen-bond acceptors (Lipinski definition) is 6. The molecule has 3 aromatic rings. The monoisotopic (exact) mass is 397 g/mol. The molecule has 2 N–H and O–H groups in total. The van der Waals surface area contributed by atoms with E-state index in [9.17, 15) is 5.26 Å². The molecule has 0 amide bonds. The van der Waals surface area contributed by atoms with Gasteiger partial charge in [-0.2, -0.15) is 10.4 Å². The van der Waals surface area contributed by atoms with E-state index in [0.717, 1.165) is 28.1 Å². The maximum Gasteiger partial charge on any atom is 0.153 e. The van der Waals surface area contributed by atoms with E-state index in [1.54, 1.807) is 23.3 Å². The van der Waals surface area contributed by atoms with E-state index < -0.39 is 0 Å². The Kier molecular flexibility index (Phi) is 7.36. The molecule has 0 atom stereocenters. The molecular weight excluding hydrogens is 374 g/mol. The van der Waals surface area contributed by atoms with Crippen molar-refractivity contribution < 1.29 is 0 Å². The van der Waals surface area contributed by atoms with Crippen LogP contribution in [0.3, 0.4) is 0 Å². The van der Waals surface area contributed by atoms with Gasteiger partial charge < -0.3 is 5.73 Å². The first-order valence-electron chi connectivity index (χ1n) is 9.55. The number of pyridine rings is 1. The van der Waals surface area contributed by atoms with Crippen molar-refractivity contribution in [3.8, 4) is 11.9 Å². The molecule has 7 nitrogen and oxygen atoms in total. The third kappa shape index (κ3) is 5.56. The molecule has 0 saturated heterocycles. The molecule has 3 rings (SSSR count). The van der Waals surface area contributed by atoms with Crippen molar-refractivity contribution in [1.29, 1.82) is 5.26 Å². The van der Waals surface area contributed by atoms with E-state index in [-0.39, 0.29) is 0 Å². The highest BCUT2D eigenvalue weighted by Gasteiger charge is 2.08. The Morgan fingerprint density at radius 2 is 2.17 bits per heavy atom. The lowest BCUT2D eigenvalue weighted by molar-refractivity contribution is 0.846. The number of rotatable bonds is 9. The molecule has 2 heterocycles. The van der Waals surface area contributed by atoms with E-state index in [4.69, 9.17) is 5.73 Å².